The number of carbonyl (C=O) groups is 2. The van der Waals surface area contributed by atoms with Gasteiger partial charge in [-0.15, -0.1) is 0 Å². The summed E-state index contributed by atoms with van der Waals surface area (Å²) in [6.07, 6.45) is 2.35. The first kappa shape index (κ1) is 32.7. The third kappa shape index (κ3) is 9.92. The lowest BCUT2D eigenvalue weighted by atomic mass is 10.0. The van der Waals surface area contributed by atoms with Gasteiger partial charge in [-0.1, -0.05) is 84.2 Å². The van der Waals surface area contributed by atoms with E-state index in [1.54, 1.807) is 23.1 Å². The van der Waals surface area contributed by atoms with Crippen molar-refractivity contribution in [1.29, 1.82) is 0 Å². The first-order valence-electron chi connectivity index (χ1n) is 13.3. The normalized spacial score (nSPS) is 12.0. The molecule has 0 spiro atoms. The van der Waals surface area contributed by atoms with Crippen molar-refractivity contribution in [3.05, 3.63) is 99.0 Å². The Morgan fingerprint density at radius 2 is 1.56 bits per heavy atom. The zero-order valence-corrected chi connectivity index (χ0v) is 26.1. The average Bonchev–Trinajstić information content (AvgIpc) is 2.94. The van der Waals surface area contributed by atoms with E-state index in [-0.39, 0.29) is 48.5 Å². The maximum absolute atomic E-state index is 13.8. The lowest BCUT2D eigenvalue weighted by Gasteiger charge is -2.32. The Bertz CT molecular complexity index is 1420. The molecule has 0 unspecified atom stereocenters. The summed E-state index contributed by atoms with van der Waals surface area (Å²) in [6, 6.07) is 20.4. The van der Waals surface area contributed by atoms with Crippen LogP contribution in [0, 0.1) is 0 Å². The van der Waals surface area contributed by atoms with Crippen molar-refractivity contribution in [1.82, 2.24) is 10.2 Å². The summed E-state index contributed by atoms with van der Waals surface area (Å²) in [5, 5.41) is 4.07. The van der Waals surface area contributed by atoms with Crippen LogP contribution in [0.3, 0.4) is 0 Å². The molecule has 0 heterocycles. The highest BCUT2D eigenvalue weighted by molar-refractivity contribution is 7.92. The van der Waals surface area contributed by atoms with Gasteiger partial charge in [-0.25, -0.2) is 8.42 Å². The van der Waals surface area contributed by atoms with Gasteiger partial charge in [0.25, 0.3) is 0 Å². The number of anilines is 1. The molecule has 0 saturated carbocycles. The predicted octanol–water partition coefficient (Wildman–Crippen LogP) is 6.36. The smallest absolute Gasteiger partial charge is 0.243 e. The van der Waals surface area contributed by atoms with E-state index < -0.39 is 16.1 Å². The van der Waals surface area contributed by atoms with Gasteiger partial charge in [0.05, 0.1) is 17.0 Å². The van der Waals surface area contributed by atoms with E-state index in [4.69, 9.17) is 34.8 Å². The molecule has 0 fully saturated rings. The summed E-state index contributed by atoms with van der Waals surface area (Å²) in [6.45, 7) is 2.63. The number of amides is 2. The molecule has 7 nitrogen and oxygen atoms in total. The summed E-state index contributed by atoms with van der Waals surface area (Å²) in [5.41, 5.74) is 1.97. The van der Waals surface area contributed by atoms with Crippen LogP contribution in [0.4, 0.5) is 5.69 Å². The van der Waals surface area contributed by atoms with Crippen molar-refractivity contribution in [2.75, 3.05) is 23.7 Å². The molecule has 220 valence electrons. The van der Waals surface area contributed by atoms with Crippen molar-refractivity contribution in [3.8, 4) is 0 Å². The van der Waals surface area contributed by atoms with Gasteiger partial charge in [-0.05, 0) is 54.3 Å². The van der Waals surface area contributed by atoms with Crippen LogP contribution in [0.1, 0.15) is 37.3 Å². The van der Waals surface area contributed by atoms with E-state index in [1.807, 2.05) is 49.4 Å². The molecular weight excluding hydrogens is 605 g/mol. The average molecular weight is 639 g/mol. The molecule has 0 aromatic heterocycles. The molecule has 2 amide bonds. The van der Waals surface area contributed by atoms with Crippen molar-refractivity contribution in [2.24, 2.45) is 0 Å². The van der Waals surface area contributed by atoms with Gasteiger partial charge in [0.15, 0.2) is 0 Å². The molecule has 0 aliphatic rings. The van der Waals surface area contributed by atoms with E-state index in [1.165, 1.54) is 12.1 Å². The number of benzene rings is 3. The minimum Gasteiger partial charge on any atom is -0.354 e. The van der Waals surface area contributed by atoms with Gasteiger partial charge in [-0.3, -0.25) is 13.9 Å². The quantitative estimate of drug-likeness (QED) is 0.223. The second-order valence-corrected chi connectivity index (χ2v) is 12.9. The number of nitrogens with zero attached hydrogens (tertiary/aromatic N) is 2. The Kier molecular flexibility index (Phi) is 12.3. The molecule has 11 heteroatoms. The second kappa shape index (κ2) is 15.4. The fourth-order valence-electron chi connectivity index (χ4n) is 4.37. The van der Waals surface area contributed by atoms with Crippen LogP contribution in [0.15, 0.2) is 72.8 Å². The molecule has 1 N–H and O–H groups in total. The van der Waals surface area contributed by atoms with Crippen LogP contribution < -0.4 is 9.62 Å². The van der Waals surface area contributed by atoms with Crippen LogP contribution in [0.2, 0.25) is 15.1 Å². The number of sulfonamides is 1. The standard InChI is InChI=1S/C30H34Cl3N3O4S/c1-3-17-34-30(38)28(19-22-8-5-4-6-9-22)35(21-23-11-13-24(31)14-12-23)29(37)10-7-18-36(41(2,39)40)27-20-25(32)15-16-26(27)33/h4-6,8-9,11-16,20,28H,3,7,10,17-19,21H2,1-2H3,(H,34,38)/t28-/m0/s1. The SMILES string of the molecule is CCCNC(=O)[C@H](Cc1ccccc1)N(Cc1ccc(Cl)cc1)C(=O)CCCN(c1cc(Cl)ccc1Cl)S(C)(=O)=O. The Morgan fingerprint density at radius 3 is 2.20 bits per heavy atom. The fourth-order valence-corrected chi connectivity index (χ4v) is 5.90. The molecule has 1 atom stereocenters. The van der Waals surface area contributed by atoms with Gasteiger partial charge < -0.3 is 10.2 Å². The molecule has 0 bridgehead atoms. The minimum atomic E-state index is -3.72. The maximum Gasteiger partial charge on any atom is 0.243 e. The van der Waals surface area contributed by atoms with Crippen molar-refractivity contribution >= 4 is 62.3 Å². The summed E-state index contributed by atoms with van der Waals surface area (Å²) in [7, 11) is -3.72. The fraction of sp³-hybridized carbons (Fsp3) is 0.333. The van der Waals surface area contributed by atoms with Gasteiger partial charge in [-0.2, -0.15) is 0 Å². The largest absolute Gasteiger partial charge is 0.354 e. The van der Waals surface area contributed by atoms with Gasteiger partial charge in [0.2, 0.25) is 21.8 Å². The van der Waals surface area contributed by atoms with E-state index >= 15 is 0 Å². The number of carbonyl (C=O) groups excluding carboxylic acids is 2. The maximum atomic E-state index is 13.8. The van der Waals surface area contributed by atoms with Crippen LogP contribution in [0.25, 0.3) is 0 Å². The van der Waals surface area contributed by atoms with E-state index in [0.29, 0.717) is 23.0 Å². The van der Waals surface area contributed by atoms with E-state index in [9.17, 15) is 18.0 Å². The molecule has 0 saturated heterocycles. The monoisotopic (exact) mass is 637 g/mol. The first-order chi connectivity index (χ1) is 19.5. The topological polar surface area (TPSA) is 86.8 Å². The van der Waals surface area contributed by atoms with Crippen LogP contribution in [-0.2, 0) is 32.6 Å². The first-order valence-corrected chi connectivity index (χ1v) is 16.3. The lowest BCUT2D eigenvalue weighted by Crippen LogP contribution is -2.50. The summed E-state index contributed by atoms with van der Waals surface area (Å²) >= 11 is 18.5. The van der Waals surface area contributed by atoms with Gasteiger partial charge in [0, 0.05) is 42.5 Å². The summed E-state index contributed by atoms with van der Waals surface area (Å²) < 4.78 is 26.4. The number of nitrogens with one attached hydrogen (secondary N) is 1. The number of rotatable bonds is 14. The highest BCUT2D eigenvalue weighted by Crippen LogP contribution is 2.31. The molecule has 41 heavy (non-hydrogen) atoms. The summed E-state index contributed by atoms with van der Waals surface area (Å²) in [4.78, 5) is 28.8. The molecule has 0 aliphatic carbocycles. The van der Waals surface area contributed by atoms with Crippen LogP contribution in [-0.4, -0.2) is 50.5 Å². The van der Waals surface area contributed by atoms with E-state index in [0.717, 1.165) is 28.1 Å². The number of halogens is 3. The van der Waals surface area contributed by atoms with Crippen molar-refractivity contribution in [3.63, 3.8) is 0 Å². The zero-order chi connectivity index (χ0) is 30.0. The zero-order valence-electron chi connectivity index (χ0n) is 23.0. The molecule has 0 aliphatic heterocycles. The Morgan fingerprint density at radius 1 is 0.902 bits per heavy atom. The Labute approximate surface area is 257 Å². The van der Waals surface area contributed by atoms with Crippen molar-refractivity contribution < 1.29 is 18.0 Å². The molecule has 3 aromatic carbocycles. The van der Waals surface area contributed by atoms with Gasteiger partial charge >= 0.3 is 0 Å². The van der Waals surface area contributed by atoms with Crippen LogP contribution >= 0.6 is 34.8 Å². The van der Waals surface area contributed by atoms with Crippen LogP contribution in [0.5, 0.6) is 0 Å². The third-order valence-electron chi connectivity index (χ3n) is 6.42. The molecule has 3 aromatic rings. The third-order valence-corrected chi connectivity index (χ3v) is 8.40. The Hall–Kier alpha value is -2.78. The van der Waals surface area contributed by atoms with Gasteiger partial charge in [0.1, 0.15) is 6.04 Å². The summed E-state index contributed by atoms with van der Waals surface area (Å²) in [5.74, 6) is -0.528. The van der Waals surface area contributed by atoms with E-state index in [2.05, 4.69) is 5.32 Å². The molecular formula is C30H34Cl3N3O4S. The van der Waals surface area contributed by atoms with Crippen molar-refractivity contribution in [2.45, 2.75) is 45.2 Å². The number of hydrogen-bond donors (Lipinski definition) is 1. The molecule has 3 rings (SSSR count). The predicted molar refractivity (Wildman–Crippen MR) is 167 cm³/mol. The minimum absolute atomic E-state index is 0.00411. The highest BCUT2D eigenvalue weighted by atomic mass is 35.5. The Balaban J connectivity index is 1.88. The highest BCUT2D eigenvalue weighted by Gasteiger charge is 2.30. The second-order valence-electron chi connectivity index (χ2n) is 9.68. The lowest BCUT2D eigenvalue weighted by molar-refractivity contribution is -0.141. The number of hydrogen-bond acceptors (Lipinski definition) is 4. The molecule has 0 radical (unpaired) electrons.